The number of hydrogen-bond acceptors (Lipinski definition) is 4. The number of carbonyl (C=O) groups excluding carboxylic acids is 1. The minimum atomic E-state index is -0.211. The lowest BCUT2D eigenvalue weighted by Gasteiger charge is -2.39. The van der Waals surface area contributed by atoms with E-state index in [1.54, 1.807) is 0 Å². The van der Waals surface area contributed by atoms with Crippen molar-refractivity contribution in [3.05, 3.63) is 30.1 Å². The van der Waals surface area contributed by atoms with Crippen LogP contribution in [-0.4, -0.2) is 73.7 Å². The number of piperidine rings is 1. The molecule has 3 saturated heterocycles. The van der Waals surface area contributed by atoms with Crippen LogP contribution in [0.4, 0.5) is 10.1 Å². The average molecular weight is 375 g/mol. The second-order valence-corrected chi connectivity index (χ2v) is 8.30. The number of carbonyl (C=O) groups is 1. The lowest BCUT2D eigenvalue weighted by molar-refractivity contribution is -0.136. The first-order valence-corrected chi connectivity index (χ1v) is 10.2. The average Bonchev–Trinajstić information content (AvgIpc) is 3.33. The molecule has 1 aromatic carbocycles. The highest BCUT2D eigenvalue weighted by molar-refractivity contribution is 5.78. The van der Waals surface area contributed by atoms with Crippen LogP contribution in [0.1, 0.15) is 32.1 Å². The molecule has 3 fully saturated rings. The van der Waals surface area contributed by atoms with E-state index in [1.807, 2.05) is 17.0 Å². The molecule has 3 heterocycles. The molecular formula is C21H30FN3O2. The highest BCUT2D eigenvalue weighted by Gasteiger charge is 2.44. The number of rotatable bonds is 4. The van der Waals surface area contributed by atoms with Crippen molar-refractivity contribution in [2.24, 2.45) is 0 Å². The first-order valence-electron chi connectivity index (χ1n) is 10.2. The largest absolute Gasteiger partial charge is 0.373 e. The Balaban J connectivity index is 1.29. The van der Waals surface area contributed by atoms with Crippen molar-refractivity contribution in [3.8, 4) is 0 Å². The number of anilines is 1. The third kappa shape index (κ3) is 4.11. The predicted molar refractivity (Wildman–Crippen MR) is 103 cm³/mol. The Morgan fingerprint density at radius 3 is 2.52 bits per heavy atom. The van der Waals surface area contributed by atoms with Gasteiger partial charge in [0.25, 0.3) is 0 Å². The Morgan fingerprint density at radius 1 is 1.19 bits per heavy atom. The molecule has 0 N–H and O–H groups in total. The Hall–Kier alpha value is -1.66. The molecule has 3 aliphatic heterocycles. The van der Waals surface area contributed by atoms with Crippen molar-refractivity contribution < 1.29 is 13.9 Å². The highest BCUT2D eigenvalue weighted by atomic mass is 19.1. The van der Waals surface area contributed by atoms with Crippen LogP contribution < -0.4 is 4.90 Å². The van der Waals surface area contributed by atoms with E-state index in [9.17, 15) is 9.18 Å². The summed E-state index contributed by atoms with van der Waals surface area (Å²) in [6.07, 6.45) is 5.22. The van der Waals surface area contributed by atoms with Crippen molar-refractivity contribution in [1.82, 2.24) is 9.80 Å². The maximum atomic E-state index is 13.2. The molecule has 1 unspecified atom stereocenters. The third-order valence-electron chi connectivity index (χ3n) is 6.56. The summed E-state index contributed by atoms with van der Waals surface area (Å²) in [5.74, 6) is 0.0574. The maximum absolute atomic E-state index is 13.2. The quantitative estimate of drug-likeness (QED) is 0.810. The van der Waals surface area contributed by atoms with Gasteiger partial charge in [0.2, 0.25) is 5.91 Å². The van der Waals surface area contributed by atoms with E-state index in [1.165, 1.54) is 25.0 Å². The Labute approximate surface area is 161 Å². The third-order valence-corrected chi connectivity index (χ3v) is 6.56. The van der Waals surface area contributed by atoms with Crippen molar-refractivity contribution in [3.63, 3.8) is 0 Å². The number of amides is 1. The Kier molecular flexibility index (Phi) is 5.37. The van der Waals surface area contributed by atoms with E-state index in [0.717, 1.165) is 51.1 Å². The van der Waals surface area contributed by atoms with Gasteiger partial charge in [0.05, 0.1) is 24.8 Å². The van der Waals surface area contributed by atoms with Crippen LogP contribution in [0.15, 0.2) is 24.3 Å². The lowest BCUT2D eigenvalue weighted by Crippen LogP contribution is -2.49. The van der Waals surface area contributed by atoms with Crippen LogP contribution in [0, 0.1) is 5.82 Å². The van der Waals surface area contributed by atoms with Crippen molar-refractivity contribution >= 4 is 11.6 Å². The number of hydrogen-bond donors (Lipinski definition) is 0. The minimum Gasteiger partial charge on any atom is -0.373 e. The molecule has 0 aromatic heterocycles. The van der Waals surface area contributed by atoms with Crippen LogP contribution in [0.2, 0.25) is 0 Å². The summed E-state index contributed by atoms with van der Waals surface area (Å²) in [5, 5.41) is 0. The van der Waals surface area contributed by atoms with Gasteiger partial charge in [-0.05, 0) is 69.5 Å². The smallest absolute Gasteiger partial charge is 0.236 e. The van der Waals surface area contributed by atoms with E-state index < -0.39 is 0 Å². The van der Waals surface area contributed by atoms with E-state index in [-0.39, 0.29) is 17.3 Å². The number of likely N-dealkylation sites (N-methyl/N-ethyl adjacent to an activating group) is 1. The summed E-state index contributed by atoms with van der Waals surface area (Å²) < 4.78 is 19.4. The molecule has 3 aliphatic rings. The van der Waals surface area contributed by atoms with Gasteiger partial charge in [-0.15, -0.1) is 0 Å². The van der Waals surface area contributed by atoms with E-state index in [4.69, 9.17) is 4.74 Å². The van der Waals surface area contributed by atoms with Gasteiger partial charge in [0, 0.05) is 25.8 Å². The van der Waals surface area contributed by atoms with Gasteiger partial charge in [0.1, 0.15) is 5.82 Å². The minimum absolute atomic E-state index is 0.108. The zero-order chi connectivity index (χ0) is 18.9. The molecule has 27 heavy (non-hydrogen) atoms. The molecule has 4 rings (SSSR count). The molecule has 1 spiro atoms. The summed E-state index contributed by atoms with van der Waals surface area (Å²) in [6.45, 7) is 4.97. The molecule has 1 atom stereocenters. The zero-order valence-corrected chi connectivity index (χ0v) is 16.2. The number of likely N-dealkylation sites (tertiary alicyclic amines) is 2. The maximum Gasteiger partial charge on any atom is 0.236 e. The molecular weight excluding hydrogens is 345 g/mol. The lowest BCUT2D eigenvalue weighted by atomic mass is 9.87. The van der Waals surface area contributed by atoms with Crippen LogP contribution in [0.25, 0.3) is 0 Å². The zero-order valence-electron chi connectivity index (χ0n) is 16.2. The second kappa shape index (κ2) is 7.76. The number of benzene rings is 1. The molecule has 1 aromatic rings. The van der Waals surface area contributed by atoms with Crippen molar-refractivity contribution in [2.45, 2.75) is 43.7 Å². The van der Waals surface area contributed by atoms with Gasteiger partial charge in [-0.2, -0.15) is 0 Å². The molecule has 0 radical (unpaired) electrons. The fourth-order valence-corrected chi connectivity index (χ4v) is 4.70. The van der Waals surface area contributed by atoms with E-state index in [2.05, 4.69) is 16.8 Å². The first kappa shape index (κ1) is 18.7. The van der Waals surface area contributed by atoms with E-state index in [0.29, 0.717) is 19.2 Å². The van der Waals surface area contributed by atoms with Gasteiger partial charge in [-0.25, -0.2) is 4.39 Å². The van der Waals surface area contributed by atoms with Gasteiger partial charge in [-0.1, -0.05) is 0 Å². The molecule has 6 heteroatoms. The summed E-state index contributed by atoms with van der Waals surface area (Å²) in [4.78, 5) is 19.0. The standard InChI is InChI=1S/C21H30FN3O2/c1-23(18-6-4-17(22)5-7-18)19-14-21(27-16-19)8-12-25(13-9-21)20(26)15-24-10-2-3-11-24/h4-7,19H,2-3,8-16H2,1H3. The molecule has 5 nitrogen and oxygen atoms in total. The monoisotopic (exact) mass is 375 g/mol. The van der Waals surface area contributed by atoms with Crippen LogP contribution in [-0.2, 0) is 9.53 Å². The van der Waals surface area contributed by atoms with Crippen molar-refractivity contribution in [1.29, 1.82) is 0 Å². The summed E-state index contributed by atoms with van der Waals surface area (Å²) in [5.41, 5.74) is 0.906. The highest BCUT2D eigenvalue weighted by Crippen LogP contribution is 2.38. The fourth-order valence-electron chi connectivity index (χ4n) is 4.70. The molecule has 148 valence electrons. The van der Waals surface area contributed by atoms with E-state index >= 15 is 0 Å². The van der Waals surface area contributed by atoms with Crippen LogP contribution >= 0.6 is 0 Å². The van der Waals surface area contributed by atoms with Crippen LogP contribution in [0.5, 0.6) is 0 Å². The number of nitrogens with zero attached hydrogens (tertiary/aromatic N) is 3. The summed E-state index contributed by atoms with van der Waals surface area (Å²) >= 11 is 0. The molecule has 0 bridgehead atoms. The summed E-state index contributed by atoms with van der Waals surface area (Å²) in [7, 11) is 2.05. The van der Waals surface area contributed by atoms with Crippen molar-refractivity contribution in [2.75, 3.05) is 51.3 Å². The SMILES string of the molecule is CN(c1ccc(F)cc1)C1COC2(CCN(C(=O)CN3CCCC3)CC2)C1. The predicted octanol–water partition coefficient (Wildman–Crippen LogP) is 2.51. The summed E-state index contributed by atoms with van der Waals surface area (Å²) in [6, 6.07) is 6.94. The molecule has 0 aliphatic carbocycles. The van der Waals surface area contributed by atoms with Gasteiger partial charge in [0.15, 0.2) is 0 Å². The Bertz CT molecular complexity index is 652. The topological polar surface area (TPSA) is 36.0 Å². The van der Waals surface area contributed by atoms with Gasteiger partial charge < -0.3 is 14.5 Å². The number of ether oxygens (including phenoxy) is 1. The number of halogens is 1. The fraction of sp³-hybridized carbons (Fsp3) is 0.667. The van der Waals surface area contributed by atoms with Crippen LogP contribution in [0.3, 0.4) is 0 Å². The first-order chi connectivity index (χ1) is 13.0. The normalized spacial score (nSPS) is 25.3. The van der Waals surface area contributed by atoms with Gasteiger partial charge >= 0.3 is 0 Å². The molecule has 1 amide bonds. The molecule has 0 saturated carbocycles. The second-order valence-electron chi connectivity index (χ2n) is 8.30. The van der Waals surface area contributed by atoms with Gasteiger partial charge in [-0.3, -0.25) is 9.69 Å². The Morgan fingerprint density at radius 2 is 1.85 bits per heavy atom.